The first kappa shape index (κ1) is 14.9. The summed E-state index contributed by atoms with van der Waals surface area (Å²) in [5, 5.41) is 0. The normalized spacial score (nSPS) is 18.1. The second kappa shape index (κ2) is 4.94. The minimum Gasteiger partial charge on any atom is -0.275 e. The van der Waals surface area contributed by atoms with Gasteiger partial charge in [0.25, 0.3) is 0 Å². The van der Waals surface area contributed by atoms with Crippen LogP contribution in [0.2, 0.25) is 0 Å². The molecule has 0 radical (unpaired) electrons. The summed E-state index contributed by atoms with van der Waals surface area (Å²) in [7, 11) is 0. The molecule has 0 aliphatic carbocycles. The second-order valence-electron chi connectivity index (χ2n) is 7.29. The van der Waals surface area contributed by atoms with Crippen molar-refractivity contribution in [3.63, 3.8) is 0 Å². The third-order valence-corrected chi connectivity index (χ3v) is 5.34. The van der Waals surface area contributed by atoms with Crippen LogP contribution in [-0.2, 0) is 5.41 Å². The van der Waals surface area contributed by atoms with Crippen molar-refractivity contribution in [2.45, 2.75) is 38.6 Å². The van der Waals surface area contributed by atoms with E-state index >= 15 is 0 Å². The number of pyridine rings is 1. The van der Waals surface area contributed by atoms with E-state index in [1.807, 2.05) is 12.1 Å². The standard InChI is InChI=1S/C20H20N4/c1-19(2)14-9-6-5-8-13(14)17(24-20(19,3)4)16-12-22-18-15(23-16)10-7-11-21-18/h5-12H,1-4H3. The molecule has 0 N–H and O–H groups in total. The van der Waals surface area contributed by atoms with Gasteiger partial charge in [-0.3, -0.25) is 4.99 Å². The molecular weight excluding hydrogens is 296 g/mol. The first-order valence-corrected chi connectivity index (χ1v) is 8.18. The number of benzene rings is 1. The van der Waals surface area contributed by atoms with Gasteiger partial charge in [0.15, 0.2) is 5.65 Å². The van der Waals surface area contributed by atoms with E-state index in [2.05, 4.69) is 61.9 Å². The third-order valence-electron chi connectivity index (χ3n) is 5.34. The first-order valence-electron chi connectivity index (χ1n) is 8.18. The Labute approximate surface area is 141 Å². The van der Waals surface area contributed by atoms with Crippen LogP contribution < -0.4 is 0 Å². The topological polar surface area (TPSA) is 51.0 Å². The summed E-state index contributed by atoms with van der Waals surface area (Å²) >= 11 is 0. The Bertz CT molecular complexity index is 970. The van der Waals surface area contributed by atoms with Crippen molar-refractivity contribution in [3.05, 3.63) is 65.6 Å². The Balaban J connectivity index is 1.98. The van der Waals surface area contributed by atoms with Gasteiger partial charge in [-0.15, -0.1) is 0 Å². The molecular formula is C20H20N4. The van der Waals surface area contributed by atoms with Crippen LogP contribution in [0, 0.1) is 0 Å². The van der Waals surface area contributed by atoms with Gasteiger partial charge in [-0.25, -0.2) is 15.0 Å². The smallest absolute Gasteiger partial charge is 0.178 e. The molecule has 0 saturated heterocycles. The highest BCUT2D eigenvalue weighted by molar-refractivity contribution is 6.14. The molecule has 0 spiro atoms. The lowest BCUT2D eigenvalue weighted by molar-refractivity contribution is 0.303. The van der Waals surface area contributed by atoms with Crippen molar-refractivity contribution in [2.24, 2.45) is 4.99 Å². The van der Waals surface area contributed by atoms with Gasteiger partial charge < -0.3 is 0 Å². The Hall–Kier alpha value is -2.62. The lowest BCUT2D eigenvalue weighted by Gasteiger charge is -2.44. The Morgan fingerprint density at radius 3 is 2.50 bits per heavy atom. The van der Waals surface area contributed by atoms with Crippen LogP contribution in [0.5, 0.6) is 0 Å². The number of nitrogens with zero attached hydrogens (tertiary/aromatic N) is 4. The predicted molar refractivity (Wildman–Crippen MR) is 96.5 cm³/mol. The van der Waals surface area contributed by atoms with Crippen LogP contribution in [0.4, 0.5) is 0 Å². The third kappa shape index (κ3) is 2.06. The zero-order valence-electron chi connectivity index (χ0n) is 14.4. The van der Waals surface area contributed by atoms with Crippen LogP contribution in [0.15, 0.2) is 53.8 Å². The van der Waals surface area contributed by atoms with Gasteiger partial charge in [-0.1, -0.05) is 38.1 Å². The van der Waals surface area contributed by atoms with Gasteiger partial charge in [0.05, 0.1) is 17.4 Å². The highest BCUT2D eigenvalue weighted by Crippen LogP contribution is 2.43. The van der Waals surface area contributed by atoms with Crippen molar-refractivity contribution in [3.8, 4) is 0 Å². The van der Waals surface area contributed by atoms with Crippen LogP contribution in [0.3, 0.4) is 0 Å². The lowest BCUT2D eigenvalue weighted by atomic mass is 9.66. The van der Waals surface area contributed by atoms with Gasteiger partial charge >= 0.3 is 0 Å². The van der Waals surface area contributed by atoms with Gasteiger partial charge in [0.2, 0.25) is 0 Å². The predicted octanol–water partition coefficient (Wildman–Crippen LogP) is 3.93. The molecule has 0 fully saturated rings. The van der Waals surface area contributed by atoms with Crippen LogP contribution >= 0.6 is 0 Å². The molecule has 1 aromatic carbocycles. The summed E-state index contributed by atoms with van der Waals surface area (Å²) in [5.74, 6) is 0. The van der Waals surface area contributed by atoms with E-state index in [0.717, 1.165) is 22.5 Å². The van der Waals surface area contributed by atoms with E-state index in [0.29, 0.717) is 5.65 Å². The molecule has 2 aromatic heterocycles. The summed E-state index contributed by atoms with van der Waals surface area (Å²) in [6, 6.07) is 12.3. The van der Waals surface area contributed by atoms with E-state index in [1.54, 1.807) is 12.4 Å². The van der Waals surface area contributed by atoms with Crippen molar-refractivity contribution in [1.29, 1.82) is 0 Å². The number of fused-ring (bicyclic) bond motifs is 2. The Morgan fingerprint density at radius 2 is 1.67 bits per heavy atom. The summed E-state index contributed by atoms with van der Waals surface area (Å²) in [5.41, 5.74) is 5.30. The zero-order chi connectivity index (χ0) is 16.9. The fourth-order valence-electron chi connectivity index (χ4n) is 3.21. The van der Waals surface area contributed by atoms with E-state index < -0.39 is 0 Å². The highest BCUT2D eigenvalue weighted by Gasteiger charge is 2.43. The highest BCUT2D eigenvalue weighted by atomic mass is 15.0. The van der Waals surface area contributed by atoms with Crippen molar-refractivity contribution in [1.82, 2.24) is 15.0 Å². The Kier molecular flexibility index (Phi) is 3.07. The van der Waals surface area contributed by atoms with E-state index in [-0.39, 0.29) is 11.0 Å². The molecule has 4 rings (SSSR count). The fraction of sp³-hybridized carbons (Fsp3) is 0.300. The average molecular weight is 316 g/mol. The van der Waals surface area contributed by atoms with Crippen molar-refractivity contribution in [2.75, 3.05) is 0 Å². The SMILES string of the molecule is CC1(C)N=C(c2cnc3ncccc3n2)c2ccccc2C1(C)C. The maximum atomic E-state index is 5.08. The fourth-order valence-corrected chi connectivity index (χ4v) is 3.21. The molecule has 4 heteroatoms. The largest absolute Gasteiger partial charge is 0.275 e. The molecule has 4 nitrogen and oxygen atoms in total. The first-order chi connectivity index (χ1) is 11.4. The summed E-state index contributed by atoms with van der Waals surface area (Å²) in [4.78, 5) is 18.5. The minimum absolute atomic E-state index is 0.0566. The minimum atomic E-state index is -0.234. The number of hydrogen-bond acceptors (Lipinski definition) is 4. The maximum Gasteiger partial charge on any atom is 0.178 e. The van der Waals surface area contributed by atoms with E-state index in [4.69, 9.17) is 9.98 Å². The Morgan fingerprint density at radius 1 is 0.875 bits per heavy atom. The van der Waals surface area contributed by atoms with Crippen LogP contribution in [-0.4, -0.2) is 26.2 Å². The maximum absolute atomic E-state index is 5.08. The summed E-state index contributed by atoms with van der Waals surface area (Å²) in [6.07, 6.45) is 3.51. The number of hydrogen-bond donors (Lipinski definition) is 0. The summed E-state index contributed by atoms with van der Waals surface area (Å²) < 4.78 is 0. The molecule has 3 aromatic rings. The quantitative estimate of drug-likeness (QED) is 0.683. The molecule has 0 saturated carbocycles. The molecule has 1 aliphatic heterocycles. The van der Waals surface area contributed by atoms with Crippen molar-refractivity contribution < 1.29 is 0 Å². The molecule has 0 bridgehead atoms. The number of aromatic nitrogens is 3. The zero-order valence-corrected chi connectivity index (χ0v) is 14.4. The second-order valence-corrected chi connectivity index (χ2v) is 7.29. The van der Waals surface area contributed by atoms with Crippen molar-refractivity contribution >= 4 is 16.9 Å². The lowest BCUT2D eigenvalue weighted by Crippen LogP contribution is -2.46. The van der Waals surface area contributed by atoms with Gasteiger partial charge in [-0.05, 0) is 31.5 Å². The number of aliphatic imine (C=N–C) groups is 1. The van der Waals surface area contributed by atoms with E-state index in [1.165, 1.54) is 5.56 Å². The number of rotatable bonds is 1. The molecule has 120 valence electrons. The summed E-state index contributed by atoms with van der Waals surface area (Å²) in [6.45, 7) is 8.86. The molecule has 3 heterocycles. The van der Waals surface area contributed by atoms with Crippen LogP contribution in [0.1, 0.15) is 44.5 Å². The molecule has 0 atom stereocenters. The average Bonchev–Trinajstić information content (AvgIpc) is 2.58. The monoisotopic (exact) mass is 316 g/mol. The van der Waals surface area contributed by atoms with Gasteiger partial charge in [0, 0.05) is 17.2 Å². The molecule has 1 aliphatic rings. The molecule has 0 unspecified atom stereocenters. The van der Waals surface area contributed by atoms with Gasteiger partial charge in [0.1, 0.15) is 11.2 Å². The van der Waals surface area contributed by atoms with Crippen LogP contribution in [0.25, 0.3) is 11.2 Å². The van der Waals surface area contributed by atoms with E-state index in [9.17, 15) is 0 Å². The molecule has 24 heavy (non-hydrogen) atoms. The molecule has 0 amide bonds. The van der Waals surface area contributed by atoms with Gasteiger partial charge in [-0.2, -0.15) is 0 Å².